The summed E-state index contributed by atoms with van der Waals surface area (Å²) >= 11 is 0. The zero-order chi connectivity index (χ0) is 11.3. The van der Waals surface area contributed by atoms with Gasteiger partial charge in [-0.2, -0.15) is 0 Å². The molecule has 0 heterocycles. The van der Waals surface area contributed by atoms with E-state index < -0.39 is 5.97 Å². The molecule has 0 fully saturated rings. The molecule has 0 spiro atoms. The van der Waals surface area contributed by atoms with Crippen molar-refractivity contribution in [3.8, 4) is 0 Å². The highest BCUT2D eigenvalue weighted by Gasteiger charge is 2.09. The van der Waals surface area contributed by atoms with Crippen LogP contribution in [-0.4, -0.2) is 17.7 Å². The van der Waals surface area contributed by atoms with Crippen LogP contribution in [0.15, 0.2) is 36.6 Å². The predicted molar refractivity (Wildman–Crippen MR) is 57.9 cm³/mol. The Balaban J connectivity index is 2.84. The molecule has 0 amide bonds. The number of aromatic carboxylic acids is 1. The van der Waals surface area contributed by atoms with Crippen LogP contribution in [0.4, 0.5) is 0 Å². The average molecular weight is 206 g/mol. The number of benzene rings is 1. The van der Waals surface area contributed by atoms with Gasteiger partial charge >= 0.3 is 5.97 Å². The first-order valence-electron chi connectivity index (χ1n) is 4.77. The lowest BCUT2D eigenvalue weighted by Gasteiger charge is -2.08. The van der Waals surface area contributed by atoms with E-state index in [9.17, 15) is 4.79 Å². The van der Waals surface area contributed by atoms with Crippen LogP contribution in [0.5, 0.6) is 0 Å². The molecule has 3 heteroatoms. The molecule has 80 valence electrons. The van der Waals surface area contributed by atoms with Gasteiger partial charge in [-0.15, -0.1) is 0 Å². The molecule has 0 unspecified atom stereocenters. The van der Waals surface area contributed by atoms with Crippen molar-refractivity contribution >= 4 is 5.97 Å². The molecule has 0 aliphatic rings. The Hall–Kier alpha value is -1.77. The largest absolute Gasteiger partial charge is 0.498 e. The van der Waals surface area contributed by atoms with Crippen molar-refractivity contribution in [3.63, 3.8) is 0 Å². The minimum Gasteiger partial charge on any atom is -0.498 e. The second kappa shape index (κ2) is 5.20. The van der Waals surface area contributed by atoms with Crippen molar-refractivity contribution in [1.82, 2.24) is 0 Å². The smallest absolute Gasteiger partial charge is 0.335 e. The molecule has 1 aromatic carbocycles. The van der Waals surface area contributed by atoms with Crippen molar-refractivity contribution in [3.05, 3.63) is 47.7 Å². The topological polar surface area (TPSA) is 46.5 Å². The van der Waals surface area contributed by atoms with Crippen molar-refractivity contribution < 1.29 is 14.6 Å². The summed E-state index contributed by atoms with van der Waals surface area (Å²) in [7, 11) is 0. The fourth-order valence-corrected chi connectivity index (χ4v) is 1.35. The summed E-state index contributed by atoms with van der Waals surface area (Å²) in [5.74, 6) is -0.332. The van der Waals surface area contributed by atoms with Gasteiger partial charge in [0.1, 0.15) is 0 Å². The van der Waals surface area contributed by atoms with Gasteiger partial charge in [0.05, 0.1) is 17.9 Å². The van der Waals surface area contributed by atoms with E-state index in [1.807, 2.05) is 6.92 Å². The molecule has 0 atom stereocenters. The quantitative estimate of drug-likeness (QED) is 0.753. The van der Waals surface area contributed by atoms with Gasteiger partial charge in [0.2, 0.25) is 0 Å². The van der Waals surface area contributed by atoms with Crippen LogP contribution in [0.25, 0.3) is 0 Å². The zero-order valence-electron chi connectivity index (χ0n) is 8.69. The third-order valence-electron chi connectivity index (χ3n) is 1.98. The van der Waals surface area contributed by atoms with Gasteiger partial charge in [-0.25, -0.2) is 4.79 Å². The molecule has 0 aliphatic carbocycles. The lowest BCUT2D eigenvalue weighted by atomic mass is 10.0. The fraction of sp³-hybridized carbons (Fsp3) is 0.250. The monoisotopic (exact) mass is 206 g/mol. The molecular weight excluding hydrogens is 192 g/mol. The summed E-state index contributed by atoms with van der Waals surface area (Å²) in [6, 6.07) is 6.86. The summed E-state index contributed by atoms with van der Waals surface area (Å²) in [5, 5.41) is 8.94. The predicted octanol–water partition coefficient (Wildman–Crippen LogP) is 2.48. The number of hydrogen-bond donors (Lipinski definition) is 1. The number of carbonyl (C=O) groups is 1. The maximum Gasteiger partial charge on any atom is 0.335 e. The van der Waals surface area contributed by atoms with Crippen molar-refractivity contribution in [2.24, 2.45) is 0 Å². The second-order valence-corrected chi connectivity index (χ2v) is 3.11. The Bertz CT molecular complexity index is 369. The van der Waals surface area contributed by atoms with Crippen molar-refractivity contribution in [2.45, 2.75) is 13.3 Å². The standard InChI is InChI=1S/C12H14O3/c1-3-15-9(2)8-10-6-4-5-7-11(10)12(13)14/h4-7H,2-3,8H2,1H3,(H,13,14). The van der Waals surface area contributed by atoms with Gasteiger partial charge in [-0.3, -0.25) is 0 Å². The SMILES string of the molecule is C=C(Cc1ccccc1C(=O)O)OCC. The van der Waals surface area contributed by atoms with E-state index in [4.69, 9.17) is 9.84 Å². The molecule has 15 heavy (non-hydrogen) atoms. The number of carboxylic acids is 1. The van der Waals surface area contributed by atoms with E-state index in [1.54, 1.807) is 24.3 Å². The molecule has 0 aliphatic heterocycles. The maximum atomic E-state index is 10.9. The lowest BCUT2D eigenvalue weighted by molar-refractivity contribution is 0.0695. The molecule has 1 rings (SSSR count). The van der Waals surface area contributed by atoms with Crippen LogP contribution in [-0.2, 0) is 11.2 Å². The normalized spacial score (nSPS) is 9.67. The van der Waals surface area contributed by atoms with Crippen LogP contribution >= 0.6 is 0 Å². The second-order valence-electron chi connectivity index (χ2n) is 3.11. The van der Waals surface area contributed by atoms with Crippen LogP contribution in [0.1, 0.15) is 22.8 Å². The number of hydrogen-bond acceptors (Lipinski definition) is 2. The number of rotatable bonds is 5. The zero-order valence-corrected chi connectivity index (χ0v) is 8.69. The molecule has 3 nitrogen and oxygen atoms in total. The van der Waals surface area contributed by atoms with Gasteiger partial charge in [-0.05, 0) is 18.6 Å². The minimum absolute atomic E-state index is 0.304. The van der Waals surface area contributed by atoms with E-state index in [1.165, 1.54) is 0 Å². The Labute approximate surface area is 89.0 Å². The Morgan fingerprint density at radius 1 is 1.47 bits per heavy atom. The molecule has 0 bridgehead atoms. The molecular formula is C12H14O3. The molecule has 0 radical (unpaired) electrons. The first-order chi connectivity index (χ1) is 7.15. The number of carboxylic acid groups (broad SMARTS) is 1. The summed E-state index contributed by atoms with van der Waals surface area (Å²) < 4.78 is 5.19. The van der Waals surface area contributed by atoms with Crippen LogP contribution in [0, 0.1) is 0 Å². The van der Waals surface area contributed by atoms with E-state index in [2.05, 4.69) is 6.58 Å². The summed E-state index contributed by atoms with van der Waals surface area (Å²) in [6.07, 6.45) is 0.441. The van der Waals surface area contributed by atoms with Crippen molar-refractivity contribution in [1.29, 1.82) is 0 Å². The highest BCUT2D eigenvalue weighted by molar-refractivity contribution is 5.89. The van der Waals surface area contributed by atoms with Gasteiger partial charge in [0.25, 0.3) is 0 Å². The van der Waals surface area contributed by atoms with Gasteiger partial charge in [0.15, 0.2) is 0 Å². The third kappa shape index (κ3) is 3.13. The molecule has 0 saturated carbocycles. The first kappa shape index (κ1) is 11.3. The average Bonchev–Trinajstić information content (AvgIpc) is 2.18. The highest BCUT2D eigenvalue weighted by Crippen LogP contribution is 2.13. The summed E-state index contributed by atoms with van der Waals surface area (Å²) in [5.41, 5.74) is 1.03. The number of ether oxygens (including phenoxy) is 1. The van der Waals surface area contributed by atoms with Crippen molar-refractivity contribution in [2.75, 3.05) is 6.61 Å². The first-order valence-corrected chi connectivity index (χ1v) is 4.77. The van der Waals surface area contributed by atoms with E-state index in [-0.39, 0.29) is 0 Å². The van der Waals surface area contributed by atoms with Gasteiger partial charge < -0.3 is 9.84 Å². The summed E-state index contributed by atoms with van der Waals surface area (Å²) in [4.78, 5) is 10.9. The van der Waals surface area contributed by atoms with E-state index >= 15 is 0 Å². The minimum atomic E-state index is -0.921. The Morgan fingerprint density at radius 3 is 2.73 bits per heavy atom. The van der Waals surface area contributed by atoms with E-state index in [0.29, 0.717) is 24.4 Å². The molecule has 0 saturated heterocycles. The third-order valence-corrected chi connectivity index (χ3v) is 1.98. The molecule has 0 aromatic heterocycles. The number of allylic oxidation sites excluding steroid dienone is 1. The van der Waals surface area contributed by atoms with Gasteiger partial charge in [0, 0.05) is 6.42 Å². The maximum absolute atomic E-state index is 10.9. The summed E-state index contributed by atoms with van der Waals surface area (Å²) in [6.45, 7) is 6.14. The fourth-order valence-electron chi connectivity index (χ4n) is 1.35. The van der Waals surface area contributed by atoms with Crippen LogP contribution in [0.3, 0.4) is 0 Å². The van der Waals surface area contributed by atoms with Crippen LogP contribution < -0.4 is 0 Å². The van der Waals surface area contributed by atoms with Gasteiger partial charge in [-0.1, -0.05) is 24.8 Å². The molecule has 1 N–H and O–H groups in total. The molecule has 1 aromatic rings. The van der Waals surface area contributed by atoms with E-state index in [0.717, 1.165) is 5.56 Å². The Kier molecular flexibility index (Phi) is 3.92. The highest BCUT2D eigenvalue weighted by atomic mass is 16.5. The Morgan fingerprint density at radius 2 is 2.13 bits per heavy atom. The lowest BCUT2D eigenvalue weighted by Crippen LogP contribution is -2.04. The van der Waals surface area contributed by atoms with Crippen LogP contribution in [0.2, 0.25) is 0 Å².